The monoisotopic (exact) mass is 396 g/mol. The van der Waals surface area contributed by atoms with Crippen molar-refractivity contribution in [3.05, 3.63) is 37.2 Å². The third-order valence-corrected chi connectivity index (χ3v) is 3.36. The van der Waals surface area contributed by atoms with Gasteiger partial charge in [0.2, 0.25) is 0 Å². The number of aromatic nitrogens is 2. The number of ether oxygens (including phenoxy) is 1. The van der Waals surface area contributed by atoms with E-state index >= 15 is 0 Å². The van der Waals surface area contributed by atoms with Gasteiger partial charge in [0.05, 0.1) is 6.61 Å². The highest BCUT2D eigenvalue weighted by atomic mass is 127. The Balaban J connectivity index is 2.47. The van der Waals surface area contributed by atoms with Crippen LogP contribution in [0.15, 0.2) is 25.9 Å². The average molecular weight is 396 g/mol. The minimum absolute atomic E-state index is 0.489. The molecular formula is C11H13IN2O6. The zero-order chi connectivity index (χ0) is 14.9. The lowest BCUT2D eigenvalue weighted by atomic mass is 10.1. The Morgan fingerprint density at radius 3 is 2.60 bits per heavy atom. The zero-order valence-electron chi connectivity index (χ0n) is 10.2. The van der Waals surface area contributed by atoms with Gasteiger partial charge in [-0.15, -0.1) is 0 Å². The third kappa shape index (κ3) is 2.59. The van der Waals surface area contributed by atoms with E-state index in [-0.39, 0.29) is 0 Å². The van der Waals surface area contributed by atoms with Crippen LogP contribution in [0.3, 0.4) is 0 Å². The third-order valence-electron chi connectivity index (χ3n) is 3.04. The van der Waals surface area contributed by atoms with Gasteiger partial charge in [0.1, 0.15) is 18.3 Å². The largest absolute Gasteiger partial charge is 0.394 e. The van der Waals surface area contributed by atoms with Gasteiger partial charge in [-0.2, -0.15) is 0 Å². The molecule has 2 heterocycles. The van der Waals surface area contributed by atoms with Gasteiger partial charge in [-0.05, 0) is 4.08 Å². The molecule has 20 heavy (non-hydrogen) atoms. The highest BCUT2D eigenvalue weighted by molar-refractivity contribution is 14.1. The first-order valence-corrected chi connectivity index (χ1v) is 6.99. The quantitative estimate of drug-likeness (QED) is 0.536. The second-order valence-corrected chi connectivity index (χ2v) is 4.94. The van der Waals surface area contributed by atoms with Gasteiger partial charge in [-0.1, -0.05) is 22.6 Å². The Morgan fingerprint density at radius 1 is 1.35 bits per heavy atom. The van der Waals surface area contributed by atoms with Crippen molar-refractivity contribution in [2.24, 2.45) is 0 Å². The predicted octanol–water partition coefficient (Wildman–Crippen LogP) is -1.52. The number of halogens is 1. The highest BCUT2D eigenvalue weighted by Crippen LogP contribution is 2.27. The first kappa shape index (κ1) is 15.4. The lowest BCUT2D eigenvalue weighted by Gasteiger charge is -2.17. The van der Waals surface area contributed by atoms with Crippen LogP contribution in [0.2, 0.25) is 0 Å². The van der Waals surface area contributed by atoms with Crippen molar-refractivity contribution in [3.8, 4) is 0 Å². The summed E-state index contributed by atoms with van der Waals surface area (Å²) in [6.45, 7) is -0.489. The maximum absolute atomic E-state index is 12.2. The van der Waals surface area contributed by atoms with E-state index in [0.717, 1.165) is 15.2 Å². The number of hydrogen-bond donors (Lipinski definition) is 3. The second kappa shape index (κ2) is 6.18. The van der Waals surface area contributed by atoms with E-state index in [0.29, 0.717) is 0 Å². The lowest BCUT2D eigenvalue weighted by Crippen LogP contribution is -2.41. The summed E-state index contributed by atoms with van der Waals surface area (Å²) in [6, 6.07) is 1.15. The molecule has 8 nitrogen and oxygen atoms in total. The summed E-state index contributed by atoms with van der Waals surface area (Å²) < 4.78 is 8.58. The fourth-order valence-electron chi connectivity index (χ4n) is 2.00. The molecule has 9 heteroatoms. The Labute approximate surface area is 126 Å². The number of aliphatic hydroxyl groups excluding tert-OH is 3. The fraction of sp³-hybridized carbons (Fsp3) is 0.455. The SMILES string of the molecule is O=c1ccn([C@@H]2O[C@H](CO)[C@@H](O)[C@@H]2O)c(=O)n1C=CI. The molecule has 1 fully saturated rings. The number of nitrogens with zero attached hydrogens (tertiary/aromatic N) is 2. The molecule has 2 rings (SSSR count). The molecule has 0 aromatic carbocycles. The summed E-state index contributed by atoms with van der Waals surface area (Å²) in [4.78, 5) is 23.7. The van der Waals surface area contributed by atoms with Crippen molar-refractivity contribution in [2.75, 3.05) is 6.61 Å². The summed E-state index contributed by atoms with van der Waals surface area (Å²) in [6.07, 6.45) is -2.37. The number of aliphatic hydroxyl groups is 3. The van der Waals surface area contributed by atoms with E-state index in [1.807, 2.05) is 22.6 Å². The number of rotatable bonds is 3. The molecule has 1 aliphatic heterocycles. The molecule has 3 N–H and O–H groups in total. The Bertz CT molecular complexity index is 624. The van der Waals surface area contributed by atoms with Crippen LogP contribution in [0.5, 0.6) is 0 Å². The normalized spacial score (nSPS) is 30.2. The molecule has 0 unspecified atom stereocenters. The molecule has 0 saturated carbocycles. The molecular weight excluding hydrogens is 383 g/mol. The van der Waals surface area contributed by atoms with Crippen LogP contribution in [0, 0.1) is 0 Å². The maximum atomic E-state index is 12.2. The molecule has 1 aromatic rings. The van der Waals surface area contributed by atoms with Crippen molar-refractivity contribution in [2.45, 2.75) is 24.5 Å². The van der Waals surface area contributed by atoms with E-state index in [1.54, 1.807) is 0 Å². The van der Waals surface area contributed by atoms with Crippen molar-refractivity contribution < 1.29 is 20.1 Å². The van der Waals surface area contributed by atoms with Gasteiger partial charge < -0.3 is 20.1 Å². The molecule has 4 atom stereocenters. The molecule has 1 aliphatic rings. The first-order chi connectivity index (χ1) is 9.51. The molecule has 1 saturated heterocycles. The van der Waals surface area contributed by atoms with E-state index in [9.17, 15) is 19.8 Å². The van der Waals surface area contributed by atoms with Crippen LogP contribution >= 0.6 is 22.6 Å². The molecule has 110 valence electrons. The van der Waals surface area contributed by atoms with E-state index in [2.05, 4.69) is 0 Å². The van der Waals surface area contributed by atoms with Crippen molar-refractivity contribution in [1.29, 1.82) is 0 Å². The van der Waals surface area contributed by atoms with Crippen LogP contribution in [0.1, 0.15) is 6.23 Å². The van der Waals surface area contributed by atoms with Crippen molar-refractivity contribution in [1.82, 2.24) is 9.13 Å². The minimum atomic E-state index is -1.38. The van der Waals surface area contributed by atoms with Crippen LogP contribution < -0.4 is 11.2 Å². The molecule has 1 aromatic heterocycles. The van der Waals surface area contributed by atoms with Gasteiger partial charge >= 0.3 is 5.69 Å². The van der Waals surface area contributed by atoms with Crippen LogP contribution in [0.4, 0.5) is 0 Å². The molecule has 0 amide bonds. The second-order valence-electron chi connectivity index (χ2n) is 4.22. The minimum Gasteiger partial charge on any atom is -0.394 e. The van der Waals surface area contributed by atoms with E-state index in [4.69, 9.17) is 9.84 Å². The first-order valence-electron chi connectivity index (χ1n) is 5.74. The Morgan fingerprint density at radius 2 is 2.05 bits per heavy atom. The van der Waals surface area contributed by atoms with Crippen molar-refractivity contribution in [3.63, 3.8) is 0 Å². The van der Waals surface area contributed by atoms with Gasteiger partial charge in [0.25, 0.3) is 5.56 Å². The van der Waals surface area contributed by atoms with E-state index < -0.39 is 42.4 Å². The van der Waals surface area contributed by atoms with E-state index in [1.165, 1.54) is 16.5 Å². The topological polar surface area (TPSA) is 114 Å². The molecule has 0 spiro atoms. The van der Waals surface area contributed by atoms with Gasteiger partial charge in [0.15, 0.2) is 6.23 Å². The summed E-state index contributed by atoms with van der Waals surface area (Å²) >= 11 is 1.86. The number of hydrogen-bond acceptors (Lipinski definition) is 6. The van der Waals surface area contributed by atoms with Crippen molar-refractivity contribution >= 4 is 28.8 Å². The van der Waals surface area contributed by atoms with Gasteiger partial charge in [-0.25, -0.2) is 9.36 Å². The molecule has 0 radical (unpaired) electrons. The fourth-order valence-corrected chi connectivity index (χ4v) is 2.33. The smallest absolute Gasteiger partial charge is 0.337 e. The van der Waals surface area contributed by atoms with Crippen LogP contribution in [-0.2, 0) is 4.74 Å². The Kier molecular flexibility index (Phi) is 4.75. The van der Waals surface area contributed by atoms with Crippen LogP contribution in [0.25, 0.3) is 6.20 Å². The maximum Gasteiger partial charge on any atom is 0.337 e. The molecule has 0 bridgehead atoms. The van der Waals surface area contributed by atoms with Gasteiger partial charge in [-0.3, -0.25) is 9.36 Å². The van der Waals surface area contributed by atoms with Crippen LogP contribution in [-0.4, -0.2) is 49.4 Å². The standard InChI is InChI=1S/C11H13IN2O6/c12-2-4-13-7(16)1-3-14(11(13)19)10-9(18)8(17)6(5-15)20-10/h1-4,6,8-10,15,17-18H,5H2/t6-,8-,9+,10-/m1/s1. The summed E-state index contributed by atoms with van der Waals surface area (Å²) in [5.41, 5.74) is -1.23. The summed E-state index contributed by atoms with van der Waals surface area (Å²) in [5, 5.41) is 28.6. The summed E-state index contributed by atoms with van der Waals surface area (Å²) in [5.74, 6) is 0. The Hall–Kier alpha value is -1.01. The predicted molar refractivity (Wildman–Crippen MR) is 77.3 cm³/mol. The zero-order valence-corrected chi connectivity index (χ0v) is 12.3. The lowest BCUT2D eigenvalue weighted by molar-refractivity contribution is -0.0552. The average Bonchev–Trinajstić information content (AvgIpc) is 2.71. The van der Waals surface area contributed by atoms with Gasteiger partial charge in [0, 0.05) is 18.5 Å². The highest BCUT2D eigenvalue weighted by Gasteiger charge is 2.43. The summed E-state index contributed by atoms with van der Waals surface area (Å²) in [7, 11) is 0. The molecule has 0 aliphatic carbocycles.